The van der Waals surface area contributed by atoms with E-state index in [0.29, 0.717) is 0 Å². The summed E-state index contributed by atoms with van der Waals surface area (Å²) in [4.78, 5) is 13.4. The first-order valence-electron chi connectivity index (χ1n) is 2.45. The van der Waals surface area contributed by atoms with Crippen LogP contribution in [0.1, 0.15) is 20.3 Å². The van der Waals surface area contributed by atoms with Gasteiger partial charge in [-0.2, -0.15) is 0 Å². The topological polar surface area (TPSA) is 38.7 Å². The Kier molecular flexibility index (Phi) is 3.84. The lowest BCUT2D eigenvalue weighted by molar-refractivity contribution is 0.258. The quantitative estimate of drug-likeness (QED) is 0.320. The maximum Gasteiger partial charge on any atom is 0.160 e. The second-order valence-electron chi connectivity index (χ2n) is 1.50. The summed E-state index contributed by atoms with van der Waals surface area (Å²) in [5, 5.41) is 2.20. The van der Waals surface area contributed by atoms with Gasteiger partial charge in [-0.15, -0.1) is 4.91 Å². The molecule has 0 rings (SSSR count). The van der Waals surface area contributed by atoms with Gasteiger partial charge < -0.3 is 4.84 Å². The molecule has 8 heavy (non-hydrogen) atoms. The van der Waals surface area contributed by atoms with Crippen LogP contribution in [0.15, 0.2) is 17.2 Å². The van der Waals surface area contributed by atoms with E-state index in [1.165, 1.54) is 6.26 Å². The van der Waals surface area contributed by atoms with Crippen LogP contribution in [0.25, 0.3) is 0 Å². The molecule has 0 unspecified atom stereocenters. The van der Waals surface area contributed by atoms with E-state index >= 15 is 0 Å². The minimum Gasteiger partial charge on any atom is -0.332 e. The molecule has 0 aromatic heterocycles. The first-order valence-corrected chi connectivity index (χ1v) is 2.45. The van der Waals surface area contributed by atoms with Gasteiger partial charge >= 0.3 is 0 Å². The lowest BCUT2D eigenvalue weighted by atomic mass is 10.3. The summed E-state index contributed by atoms with van der Waals surface area (Å²) in [6.45, 7) is 3.84. The van der Waals surface area contributed by atoms with Crippen LogP contribution in [0.5, 0.6) is 0 Å². The molecule has 0 saturated carbocycles. The highest BCUT2D eigenvalue weighted by Crippen LogP contribution is 1.96. The van der Waals surface area contributed by atoms with Crippen molar-refractivity contribution >= 4 is 0 Å². The summed E-state index contributed by atoms with van der Waals surface area (Å²) >= 11 is 0. The molecule has 3 nitrogen and oxygen atoms in total. The highest BCUT2D eigenvalue weighted by atomic mass is 16.7. The standard InChI is InChI=1S/C5H9NO2/c1-3-5(2)4-8-6-7/h4H,3H2,1-2H3/b5-4-. The molecule has 0 aromatic rings. The molecule has 0 aliphatic heterocycles. The van der Waals surface area contributed by atoms with Crippen LogP contribution in [-0.2, 0) is 4.84 Å². The van der Waals surface area contributed by atoms with Gasteiger partial charge in [-0.25, -0.2) is 0 Å². The van der Waals surface area contributed by atoms with Crippen LogP contribution in [0.2, 0.25) is 0 Å². The van der Waals surface area contributed by atoms with Crippen LogP contribution in [0, 0.1) is 4.91 Å². The molecular formula is C5H9NO2. The van der Waals surface area contributed by atoms with Crippen LogP contribution >= 0.6 is 0 Å². The van der Waals surface area contributed by atoms with Crippen LogP contribution < -0.4 is 0 Å². The van der Waals surface area contributed by atoms with Crippen molar-refractivity contribution in [2.24, 2.45) is 5.34 Å². The second-order valence-corrected chi connectivity index (χ2v) is 1.50. The Balaban J connectivity index is 3.40. The minimum absolute atomic E-state index is 0.884. The van der Waals surface area contributed by atoms with Crippen molar-refractivity contribution < 1.29 is 4.84 Å². The zero-order valence-corrected chi connectivity index (χ0v) is 5.05. The SMILES string of the molecule is CC/C(C)=C\ON=O. The van der Waals surface area contributed by atoms with Gasteiger partial charge in [0.25, 0.3) is 0 Å². The molecule has 0 aromatic carbocycles. The Morgan fingerprint density at radius 2 is 2.50 bits per heavy atom. The molecule has 0 heterocycles. The summed E-state index contributed by atoms with van der Waals surface area (Å²) in [7, 11) is 0. The average molecular weight is 115 g/mol. The molecule has 0 N–H and O–H groups in total. The van der Waals surface area contributed by atoms with Gasteiger partial charge in [-0.3, -0.25) is 0 Å². The Hall–Kier alpha value is -0.860. The van der Waals surface area contributed by atoms with Crippen molar-refractivity contribution in [1.82, 2.24) is 0 Å². The molecule has 0 radical (unpaired) electrons. The molecule has 3 heteroatoms. The van der Waals surface area contributed by atoms with Gasteiger partial charge in [0.2, 0.25) is 0 Å². The van der Waals surface area contributed by atoms with E-state index in [1.54, 1.807) is 0 Å². The summed E-state index contributed by atoms with van der Waals surface area (Å²) in [5.41, 5.74) is 1.00. The molecule has 0 saturated heterocycles. The molecule has 0 atom stereocenters. The maximum absolute atomic E-state index is 9.31. The van der Waals surface area contributed by atoms with Crippen LogP contribution in [0.3, 0.4) is 0 Å². The number of nitrogens with zero attached hydrogens (tertiary/aromatic N) is 1. The molecule has 0 aliphatic rings. The summed E-state index contributed by atoms with van der Waals surface area (Å²) in [5.74, 6) is 0. The minimum atomic E-state index is 0.884. The fourth-order valence-electron chi connectivity index (χ4n) is 0.195. The molecule has 46 valence electrons. The third-order valence-corrected chi connectivity index (χ3v) is 0.855. The first kappa shape index (κ1) is 7.14. The number of rotatable bonds is 3. The van der Waals surface area contributed by atoms with E-state index in [-0.39, 0.29) is 0 Å². The fourth-order valence-corrected chi connectivity index (χ4v) is 0.195. The average Bonchev–Trinajstić information content (AvgIpc) is 1.83. The van der Waals surface area contributed by atoms with Gasteiger partial charge in [0.15, 0.2) is 5.34 Å². The lowest BCUT2D eigenvalue weighted by Gasteiger charge is -1.87. The fraction of sp³-hybridized carbons (Fsp3) is 0.600. The van der Waals surface area contributed by atoms with E-state index in [1.807, 2.05) is 13.8 Å². The van der Waals surface area contributed by atoms with E-state index in [2.05, 4.69) is 10.2 Å². The highest BCUT2D eigenvalue weighted by Gasteiger charge is 1.80. The van der Waals surface area contributed by atoms with Crippen molar-refractivity contribution in [3.8, 4) is 0 Å². The Morgan fingerprint density at radius 1 is 1.88 bits per heavy atom. The van der Waals surface area contributed by atoms with Crippen molar-refractivity contribution in [1.29, 1.82) is 0 Å². The Morgan fingerprint density at radius 3 is 2.88 bits per heavy atom. The molecular weight excluding hydrogens is 106 g/mol. The van der Waals surface area contributed by atoms with Gasteiger partial charge in [-0.05, 0) is 18.9 Å². The van der Waals surface area contributed by atoms with Crippen molar-refractivity contribution in [3.63, 3.8) is 0 Å². The van der Waals surface area contributed by atoms with Crippen molar-refractivity contribution in [2.45, 2.75) is 20.3 Å². The predicted octanol–water partition coefficient (Wildman–Crippen LogP) is 2.00. The highest BCUT2D eigenvalue weighted by molar-refractivity contribution is 4.90. The summed E-state index contributed by atoms with van der Waals surface area (Å²) in [6, 6.07) is 0. The number of hydrogen-bond donors (Lipinski definition) is 0. The Bertz CT molecular complexity index is 98.6. The van der Waals surface area contributed by atoms with Crippen LogP contribution in [-0.4, -0.2) is 0 Å². The number of allylic oxidation sites excluding steroid dienone is 1. The third-order valence-electron chi connectivity index (χ3n) is 0.855. The zero-order valence-electron chi connectivity index (χ0n) is 5.05. The second kappa shape index (κ2) is 4.30. The van der Waals surface area contributed by atoms with Gasteiger partial charge in [-0.1, -0.05) is 6.92 Å². The molecule has 0 amide bonds. The molecule has 0 bridgehead atoms. The van der Waals surface area contributed by atoms with Gasteiger partial charge in [0, 0.05) is 0 Å². The number of hydrogen-bond acceptors (Lipinski definition) is 3. The van der Waals surface area contributed by atoms with Crippen LogP contribution in [0.4, 0.5) is 0 Å². The third kappa shape index (κ3) is 3.33. The Labute approximate surface area is 48.3 Å². The largest absolute Gasteiger partial charge is 0.332 e. The van der Waals surface area contributed by atoms with E-state index < -0.39 is 0 Å². The smallest absolute Gasteiger partial charge is 0.160 e. The monoisotopic (exact) mass is 115 g/mol. The molecule has 0 aliphatic carbocycles. The van der Waals surface area contributed by atoms with E-state index in [9.17, 15) is 4.91 Å². The van der Waals surface area contributed by atoms with E-state index in [0.717, 1.165) is 12.0 Å². The predicted molar refractivity (Wildman–Crippen MR) is 30.9 cm³/mol. The lowest BCUT2D eigenvalue weighted by Crippen LogP contribution is -1.71. The van der Waals surface area contributed by atoms with Crippen molar-refractivity contribution in [3.05, 3.63) is 16.7 Å². The van der Waals surface area contributed by atoms with E-state index in [4.69, 9.17) is 0 Å². The first-order chi connectivity index (χ1) is 3.81. The normalized spacial score (nSPS) is 11.0. The summed E-state index contributed by atoms with van der Waals surface area (Å²) in [6.07, 6.45) is 2.22. The maximum atomic E-state index is 9.31. The van der Waals surface area contributed by atoms with Crippen molar-refractivity contribution in [2.75, 3.05) is 0 Å². The van der Waals surface area contributed by atoms with Gasteiger partial charge in [0.05, 0.1) is 0 Å². The molecule has 0 spiro atoms. The van der Waals surface area contributed by atoms with Gasteiger partial charge in [0.1, 0.15) is 6.26 Å². The zero-order chi connectivity index (χ0) is 6.41. The summed E-state index contributed by atoms with van der Waals surface area (Å²) < 4.78 is 0. The molecule has 0 fully saturated rings.